The maximum Gasteiger partial charge on any atom is 0.332 e. The van der Waals surface area contributed by atoms with Crippen molar-refractivity contribution in [2.75, 3.05) is 6.61 Å². The molecule has 2 aromatic heterocycles. The average molecular weight is 424 g/mol. The quantitative estimate of drug-likeness (QED) is 0.518. The first-order chi connectivity index (χ1) is 14.9. The van der Waals surface area contributed by atoms with Crippen molar-refractivity contribution in [1.29, 1.82) is 0 Å². The number of hydrogen-bond donors (Lipinski definition) is 0. The zero-order valence-electron chi connectivity index (χ0n) is 18.2. The lowest BCUT2D eigenvalue weighted by molar-refractivity contribution is -0.163. The molecule has 0 unspecified atom stereocenters. The van der Waals surface area contributed by atoms with E-state index in [9.17, 15) is 4.79 Å². The first-order valence-electron chi connectivity index (χ1n) is 10.7. The molecule has 0 N–H and O–H groups in total. The zero-order chi connectivity index (χ0) is 21.8. The molecule has 1 aliphatic carbocycles. The normalized spacial score (nSPS) is 19.3. The summed E-state index contributed by atoms with van der Waals surface area (Å²) in [7, 11) is 0. The number of aromatic nitrogens is 2. The molecule has 7 heteroatoms. The Labute approximate surface area is 181 Å². The third-order valence-corrected chi connectivity index (χ3v) is 5.13. The van der Waals surface area contributed by atoms with Crippen LogP contribution in [0.25, 0.3) is 22.2 Å². The number of hydrogen-bond acceptors (Lipinski definition) is 7. The minimum absolute atomic E-state index is 0.0493. The fraction of sp³-hybridized carbons (Fsp3) is 0.458. The van der Waals surface area contributed by atoms with Gasteiger partial charge in [-0.3, -0.25) is 0 Å². The first kappa shape index (κ1) is 21.3. The van der Waals surface area contributed by atoms with Crippen molar-refractivity contribution < 1.29 is 23.4 Å². The number of esters is 1. The van der Waals surface area contributed by atoms with E-state index in [1.54, 1.807) is 6.26 Å². The molecule has 164 valence electrons. The highest BCUT2D eigenvalue weighted by Gasteiger charge is 2.27. The Bertz CT molecular complexity index is 1030. The molecule has 0 radical (unpaired) electrons. The molecule has 0 bridgehead atoms. The number of nitrogens with zero attached hydrogens (tertiary/aromatic N) is 2. The summed E-state index contributed by atoms with van der Waals surface area (Å²) in [6.07, 6.45) is 6.46. The van der Waals surface area contributed by atoms with Gasteiger partial charge < -0.3 is 18.6 Å². The summed E-state index contributed by atoms with van der Waals surface area (Å²) in [5.74, 6) is 0.161. The van der Waals surface area contributed by atoms with E-state index in [2.05, 4.69) is 9.97 Å². The van der Waals surface area contributed by atoms with Crippen LogP contribution in [0.15, 0.2) is 47.3 Å². The summed E-state index contributed by atoms with van der Waals surface area (Å²) in [6.45, 7) is 5.48. The molecule has 1 fully saturated rings. The van der Waals surface area contributed by atoms with Gasteiger partial charge in [-0.25, -0.2) is 14.8 Å². The Morgan fingerprint density at radius 2 is 1.90 bits per heavy atom. The van der Waals surface area contributed by atoms with E-state index in [0.717, 1.165) is 35.8 Å². The third-order valence-electron chi connectivity index (χ3n) is 5.13. The molecule has 0 saturated heterocycles. The smallest absolute Gasteiger partial charge is 0.332 e. The minimum atomic E-state index is -0.516. The monoisotopic (exact) mass is 424 g/mol. The molecule has 0 spiro atoms. The van der Waals surface area contributed by atoms with Gasteiger partial charge in [0.05, 0.1) is 6.10 Å². The van der Waals surface area contributed by atoms with Gasteiger partial charge in [0, 0.05) is 12.0 Å². The van der Waals surface area contributed by atoms with Crippen LogP contribution in [0.5, 0.6) is 5.88 Å². The Morgan fingerprint density at radius 1 is 1.13 bits per heavy atom. The highest BCUT2D eigenvalue weighted by Crippen LogP contribution is 2.36. The van der Waals surface area contributed by atoms with Gasteiger partial charge in [-0.1, -0.05) is 30.3 Å². The van der Waals surface area contributed by atoms with Crippen LogP contribution in [-0.4, -0.2) is 40.4 Å². The summed E-state index contributed by atoms with van der Waals surface area (Å²) in [6, 6.07) is 9.96. The van der Waals surface area contributed by atoms with E-state index in [1.807, 2.05) is 51.1 Å². The molecule has 2 atom stereocenters. The Kier molecular flexibility index (Phi) is 6.23. The van der Waals surface area contributed by atoms with E-state index in [4.69, 9.17) is 18.6 Å². The van der Waals surface area contributed by atoms with Crippen molar-refractivity contribution in [3.8, 4) is 17.0 Å². The van der Waals surface area contributed by atoms with Crippen LogP contribution in [0.4, 0.5) is 0 Å². The van der Waals surface area contributed by atoms with Gasteiger partial charge in [-0.2, -0.15) is 0 Å². The molecule has 31 heavy (non-hydrogen) atoms. The molecule has 2 heterocycles. The lowest BCUT2D eigenvalue weighted by Gasteiger charge is -2.29. The fourth-order valence-electron chi connectivity index (χ4n) is 3.84. The average Bonchev–Trinajstić information content (AvgIpc) is 3.17. The molecular weight excluding hydrogens is 396 g/mol. The van der Waals surface area contributed by atoms with Crippen LogP contribution in [0.1, 0.15) is 46.5 Å². The van der Waals surface area contributed by atoms with Crippen molar-refractivity contribution in [1.82, 2.24) is 9.97 Å². The van der Waals surface area contributed by atoms with Crippen LogP contribution in [0.3, 0.4) is 0 Å². The lowest BCUT2D eigenvalue weighted by atomic mass is 9.95. The number of carbonyl (C=O) groups excluding carboxylic acids is 1. The summed E-state index contributed by atoms with van der Waals surface area (Å²) in [5.41, 5.74) is 1.90. The van der Waals surface area contributed by atoms with Crippen LogP contribution >= 0.6 is 0 Å². The molecule has 4 rings (SSSR count). The molecule has 1 aliphatic rings. The lowest BCUT2D eigenvalue weighted by Crippen LogP contribution is -2.33. The van der Waals surface area contributed by atoms with Crippen molar-refractivity contribution in [3.05, 3.63) is 42.9 Å². The van der Waals surface area contributed by atoms with E-state index in [-0.39, 0.29) is 24.8 Å². The number of ether oxygens (including phenoxy) is 3. The molecule has 1 aromatic carbocycles. The van der Waals surface area contributed by atoms with Gasteiger partial charge in [0.25, 0.3) is 0 Å². The largest absolute Gasteiger partial charge is 0.474 e. The van der Waals surface area contributed by atoms with Crippen molar-refractivity contribution >= 4 is 17.1 Å². The van der Waals surface area contributed by atoms with Gasteiger partial charge in [0.2, 0.25) is 11.6 Å². The van der Waals surface area contributed by atoms with Gasteiger partial charge in [-0.05, 0) is 45.6 Å². The van der Waals surface area contributed by atoms with Crippen LogP contribution in [-0.2, 0) is 14.3 Å². The maximum absolute atomic E-state index is 12.0. The Balaban J connectivity index is 1.44. The summed E-state index contributed by atoms with van der Waals surface area (Å²) in [5, 5.41) is 0.769. The van der Waals surface area contributed by atoms with Crippen LogP contribution in [0.2, 0.25) is 0 Å². The van der Waals surface area contributed by atoms with E-state index in [0.29, 0.717) is 18.0 Å². The summed E-state index contributed by atoms with van der Waals surface area (Å²) < 4.78 is 23.1. The molecule has 7 nitrogen and oxygen atoms in total. The van der Waals surface area contributed by atoms with E-state index >= 15 is 0 Å². The molecule has 3 aromatic rings. The molecule has 0 amide bonds. The number of carbonyl (C=O) groups is 1. The molecule has 0 aliphatic heterocycles. The van der Waals surface area contributed by atoms with Crippen LogP contribution in [0, 0.1) is 0 Å². The van der Waals surface area contributed by atoms with Crippen molar-refractivity contribution in [2.45, 2.75) is 64.3 Å². The minimum Gasteiger partial charge on any atom is -0.474 e. The third kappa shape index (κ3) is 5.41. The number of rotatable bonds is 6. The number of fused-ring (bicyclic) bond motifs is 1. The standard InChI is InChI=1S/C24H28N2O5/c1-24(2,3)31-20(27)14-28-17-10-7-11-18(12-17)30-23-21-19(16-8-5-4-6-9-16)13-29-22(21)25-15-26-23/h4-6,8-9,13,15,17-18H,7,10-12,14H2,1-3H3/t17-,18+/m1/s1. The second-order valence-corrected chi connectivity index (χ2v) is 8.80. The van der Waals surface area contributed by atoms with Gasteiger partial charge in [0.1, 0.15) is 36.3 Å². The highest BCUT2D eigenvalue weighted by atomic mass is 16.6. The summed E-state index contributed by atoms with van der Waals surface area (Å²) in [4.78, 5) is 20.6. The second kappa shape index (κ2) is 9.06. The Hall–Kier alpha value is -2.93. The number of furan rings is 1. The SMILES string of the molecule is CC(C)(C)OC(=O)CO[C@@H]1CCC[C@H](Oc2ncnc3occ(-c4ccccc4)c23)C1. The van der Waals surface area contributed by atoms with Gasteiger partial charge in [0.15, 0.2) is 0 Å². The van der Waals surface area contributed by atoms with Crippen molar-refractivity contribution in [3.63, 3.8) is 0 Å². The molecule has 1 saturated carbocycles. The van der Waals surface area contributed by atoms with E-state index in [1.165, 1.54) is 6.33 Å². The first-order valence-corrected chi connectivity index (χ1v) is 10.7. The summed E-state index contributed by atoms with van der Waals surface area (Å²) >= 11 is 0. The zero-order valence-corrected chi connectivity index (χ0v) is 18.2. The topological polar surface area (TPSA) is 83.7 Å². The van der Waals surface area contributed by atoms with E-state index < -0.39 is 5.60 Å². The van der Waals surface area contributed by atoms with Crippen molar-refractivity contribution in [2.24, 2.45) is 0 Å². The highest BCUT2D eigenvalue weighted by molar-refractivity contribution is 5.95. The molecular formula is C24H28N2O5. The van der Waals surface area contributed by atoms with Gasteiger partial charge in [-0.15, -0.1) is 0 Å². The maximum atomic E-state index is 12.0. The predicted molar refractivity (Wildman–Crippen MR) is 116 cm³/mol. The number of benzene rings is 1. The Morgan fingerprint density at radius 3 is 2.68 bits per heavy atom. The van der Waals surface area contributed by atoms with Crippen LogP contribution < -0.4 is 4.74 Å². The second-order valence-electron chi connectivity index (χ2n) is 8.80. The van der Waals surface area contributed by atoms with Gasteiger partial charge >= 0.3 is 5.97 Å². The predicted octanol–water partition coefficient (Wildman–Crippen LogP) is 4.94. The fourth-order valence-corrected chi connectivity index (χ4v) is 3.84.